The van der Waals surface area contributed by atoms with Gasteiger partial charge in [0.2, 0.25) is 5.78 Å². The van der Waals surface area contributed by atoms with Crippen LogP contribution in [-0.2, 0) is 13.6 Å². The van der Waals surface area contributed by atoms with E-state index in [1.807, 2.05) is 28.7 Å². The number of nitrogens with zero attached hydrogens (tertiary/aromatic N) is 4. The van der Waals surface area contributed by atoms with Crippen LogP contribution >= 0.6 is 0 Å². The lowest BCUT2D eigenvalue weighted by Gasteiger charge is -2.27. The van der Waals surface area contributed by atoms with Crippen molar-refractivity contribution in [3.8, 4) is 0 Å². The van der Waals surface area contributed by atoms with Gasteiger partial charge in [0.15, 0.2) is 5.82 Å². The van der Waals surface area contributed by atoms with Gasteiger partial charge in [0.05, 0.1) is 24.1 Å². The van der Waals surface area contributed by atoms with E-state index >= 15 is 0 Å². The first kappa shape index (κ1) is 15.3. The summed E-state index contributed by atoms with van der Waals surface area (Å²) in [6.07, 6.45) is 4.20. The maximum atomic E-state index is 12.4. The molecule has 1 aromatic carbocycles. The molecule has 2 heterocycles. The zero-order valence-electron chi connectivity index (χ0n) is 13.7. The second-order valence-electron chi connectivity index (χ2n) is 6.63. The summed E-state index contributed by atoms with van der Waals surface area (Å²) in [7, 11) is 1.71. The number of hydrogen-bond donors (Lipinski definition) is 2. The van der Waals surface area contributed by atoms with Gasteiger partial charge in [-0.05, 0) is 25.0 Å². The molecule has 1 fully saturated rings. The van der Waals surface area contributed by atoms with Crippen LogP contribution in [0.25, 0.3) is 16.7 Å². The molecule has 1 aliphatic carbocycles. The van der Waals surface area contributed by atoms with Gasteiger partial charge in [0.1, 0.15) is 0 Å². The van der Waals surface area contributed by atoms with Crippen molar-refractivity contribution in [2.24, 2.45) is 7.05 Å². The fourth-order valence-corrected chi connectivity index (χ4v) is 3.72. The normalized spacial score (nSPS) is 17.1. The van der Waals surface area contributed by atoms with Crippen LogP contribution in [0.3, 0.4) is 0 Å². The molecule has 3 aromatic rings. The van der Waals surface area contributed by atoms with Crippen molar-refractivity contribution in [3.63, 3.8) is 0 Å². The number of aryl methyl sites for hydroxylation is 1. The summed E-state index contributed by atoms with van der Waals surface area (Å²) < 4.78 is 3.44. The Labute approximate surface area is 138 Å². The molecule has 0 saturated heterocycles. The van der Waals surface area contributed by atoms with E-state index in [1.54, 1.807) is 7.05 Å². The summed E-state index contributed by atoms with van der Waals surface area (Å²) in [6.45, 7) is 0.632. The van der Waals surface area contributed by atoms with Gasteiger partial charge in [-0.15, -0.1) is 10.2 Å². The molecule has 7 heteroatoms. The molecule has 2 aromatic heterocycles. The largest absolute Gasteiger partial charge is 0.394 e. The highest BCUT2D eigenvalue weighted by atomic mass is 16.3. The zero-order chi connectivity index (χ0) is 16.7. The van der Waals surface area contributed by atoms with Crippen molar-refractivity contribution < 1.29 is 5.11 Å². The number of fused-ring (bicyclic) bond motifs is 3. The van der Waals surface area contributed by atoms with Crippen LogP contribution in [-0.4, -0.2) is 36.4 Å². The fraction of sp³-hybridized carbons (Fsp3) is 0.471. The molecule has 24 heavy (non-hydrogen) atoms. The van der Waals surface area contributed by atoms with Crippen LogP contribution in [0.5, 0.6) is 0 Å². The van der Waals surface area contributed by atoms with Gasteiger partial charge in [0.25, 0.3) is 5.56 Å². The molecular weight excluding hydrogens is 306 g/mol. The molecule has 0 aliphatic heterocycles. The standard InChI is InChI=1S/C17H21N5O2/c1-21-15(24)12-6-2-3-7-13(12)22-14(19-20-16(21)22)10-18-17(11-23)8-4-5-9-17/h2-3,6-7,18,23H,4-5,8-11H2,1H3. The first-order chi connectivity index (χ1) is 11.7. The maximum Gasteiger partial charge on any atom is 0.262 e. The number of para-hydroxylation sites is 1. The van der Waals surface area contributed by atoms with Crippen molar-refractivity contribution in [2.75, 3.05) is 6.61 Å². The SMILES string of the molecule is Cn1c(=O)c2ccccc2n2c(CNC3(CO)CCCC3)nnc12. The highest BCUT2D eigenvalue weighted by molar-refractivity contribution is 5.80. The van der Waals surface area contributed by atoms with Crippen molar-refractivity contribution in [3.05, 3.63) is 40.4 Å². The monoisotopic (exact) mass is 327 g/mol. The van der Waals surface area contributed by atoms with Crippen molar-refractivity contribution in [2.45, 2.75) is 37.8 Å². The Hall–Kier alpha value is -2.25. The van der Waals surface area contributed by atoms with Crippen molar-refractivity contribution in [1.29, 1.82) is 0 Å². The van der Waals surface area contributed by atoms with E-state index in [9.17, 15) is 9.90 Å². The highest BCUT2D eigenvalue weighted by Gasteiger charge is 2.33. The quantitative estimate of drug-likeness (QED) is 0.746. The number of nitrogens with one attached hydrogen (secondary N) is 1. The number of aliphatic hydroxyl groups is 1. The molecule has 126 valence electrons. The maximum absolute atomic E-state index is 12.4. The predicted octanol–water partition coefficient (Wildman–Crippen LogP) is 0.976. The lowest BCUT2D eigenvalue weighted by atomic mass is 9.99. The minimum Gasteiger partial charge on any atom is -0.394 e. The third-order valence-corrected chi connectivity index (χ3v) is 5.18. The molecule has 4 rings (SSSR count). The average Bonchev–Trinajstić information content (AvgIpc) is 3.25. The third-order valence-electron chi connectivity index (χ3n) is 5.18. The fourth-order valence-electron chi connectivity index (χ4n) is 3.72. The molecule has 1 saturated carbocycles. The van der Waals surface area contributed by atoms with Gasteiger partial charge in [-0.3, -0.25) is 13.8 Å². The number of hydrogen-bond acceptors (Lipinski definition) is 5. The van der Waals surface area contributed by atoms with Gasteiger partial charge in [-0.2, -0.15) is 0 Å². The lowest BCUT2D eigenvalue weighted by molar-refractivity contribution is 0.162. The van der Waals surface area contributed by atoms with Gasteiger partial charge in [0, 0.05) is 12.6 Å². The average molecular weight is 327 g/mol. The summed E-state index contributed by atoms with van der Waals surface area (Å²) in [5.74, 6) is 1.27. The summed E-state index contributed by atoms with van der Waals surface area (Å²) in [5.41, 5.74) is 0.511. The Morgan fingerprint density at radius 1 is 1.25 bits per heavy atom. The summed E-state index contributed by atoms with van der Waals surface area (Å²) in [6, 6.07) is 7.50. The Kier molecular flexibility index (Phi) is 3.62. The molecule has 0 bridgehead atoms. The molecule has 0 spiro atoms. The smallest absolute Gasteiger partial charge is 0.262 e. The second kappa shape index (κ2) is 5.68. The zero-order valence-corrected chi connectivity index (χ0v) is 13.7. The van der Waals surface area contributed by atoms with E-state index in [4.69, 9.17) is 0 Å². The number of aromatic nitrogens is 4. The first-order valence-corrected chi connectivity index (χ1v) is 8.33. The van der Waals surface area contributed by atoms with Crippen LogP contribution in [0, 0.1) is 0 Å². The summed E-state index contributed by atoms with van der Waals surface area (Å²) in [5, 5.41) is 22.4. The molecule has 1 aliphatic rings. The minimum absolute atomic E-state index is 0.0763. The van der Waals surface area contributed by atoms with Crippen LogP contribution in [0.15, 0.2) is 29.1 Å². The van der Waals surface area contributed by atoms with Crippen LogP contribution in [0.4, 0.5) is 0 Å². The highest BCUT2D eigenvalue weighted by Crippen LogP contribution is 2.29. The number of rotatable bonds is 4. The third kappa shape index (κ3) is 2.23. The lowest BCUT2D eigenvalue weighted by Crippen LogP contribution is -2.45. The molecule has 0 radical (unpaired) electrons. The Bertz CT molecular complexity index is 953. The topological polar surface area (TPSA) is 84.5 Å². The Morgan fingerprint density at radius 2 is 2.00 bits per heavy atom. The van der Waals surface area contributed by atoms with E-state index in [1.165, 1.54) is 4.57 Å². The second-order valence-corrected chi connectivity index (χ2v) is 6.63. The van der Waals surface area contributed by atoms with Crippen molar-refractivity contribution >= 4 is 16.7 Å². The summed E-state index contributed by atoms with van der Waals surface area (Å²) >= 11 is 0. The molecule has 2 N–H and O–H groups in total. The Morgan fingerprint density at radius 3 is 2.75 bits per heavy atom. The van der Waals surface area contributed by atoms with E-state index in [0.29, 0.717) is 17.7 Å². The van der Waals surface area contributed by atoms with Gasteiger partial charge in [-0.1, -0.05) is 25.0 Å². The van der Waals surface area contributed by atoms with E-state index in [2.05, 4.69) is 15.5 Å². The summed E-state index contributed by atoms with van der Waals surface area (Å²) in [4.78, 5) is 12.4. The molecule has 0 atom stereocenters. The molecule has 0 unspecified atom stereocenters. The molecule has 7 nitrogen and oxygen atoms in total. The van der Waals surface area contributed by atoms with E-state index < -0.39 is 0 Å². The molecular formula is C17H21N5O2. The molecule has 0 amide bonds. The first-order valence-electron chi connectivity index (χ1n) is 8.33. The van der Waals surface area contributed by atoms with E-state index in [0.717, 1.165) is 37.0 Å². The Balaban J connectivity index is 1.81. The predicted molar refractivity (Wildman–Crippen MR) is 90.9 cm³/mol. The van der Waals surface area contributed by atoms with Gasteiger partial charge < -0.3 is 10.4 Å². The van der Waals surface area contributed by atoms with Gasteiger partial charge >= 0.3 is 0 Å². The van der Waals surface area contributed by atoms with Crippen LogP contribution in [0.2, 0.25) is 0 Å². The van der Waals surface area contributed by atoms with Crippen molar-refractivity contribution in [1.82, 2.24) is 24.5 Å². The number of benzene rings is 1. The van der Waals surface area contributed by atoms with Crippen LogP contribution < -0.4 is 10.9 Å². The van der Waals surface area contributed by atoms with Crippen LogP contribution in [0.1, 0.15) is 31.5 Å². The minimum atomic E-state index is -0.220. The van der Waals surface area contributed by atoms with Gasteiger partial charge in [-0.25, -0.2) is 0 Å². The van der Waals surface area contributed by atoms with E-state index in [-0.39, 0.29) is 17.7 Å². The number of aliphatic hydroxyl groups excluding tert-OH is 1.